The first-order valence-corrected chi connectivity index (χ1v) is 8.18. The predicted octanol–water partition coefficient (Wildman–Crippen LogP) is 0.569. The van der Waals surface area contributed by atoms with Crippen molar-refractivity contribution >= 4 is 31.5 Å². The van der Waals surface area contributed by atoms with Crippen LogP contribution in [0.15, 0.2) is 6.20 Å². The number of anilines is 1. The summed E-state index contributed by atoms with van der Waals surface area (Å²) in [5.74, 6) is -0.0170. The summed E-state index contributed by atoms with van der Waals surface area (Å²) in [4.78, 5) is 16.0. The molecule has 1 fully saturated rings. The van der Waals surface area contributed by atoms with Gasteiger partial charge in [-0.2, -0.15) is 0 Å². The molecule has 1 aromatic heterocycles. The van der Waals surface area contributed by atoms with Crippen molar-refractivity contribution in [3.8, 4) is 0 Å². The Balaban J connectivity index is 2.16. The Morgan fingerprint density at radius 2 is 2.42 bits per heavy atom. The van der Waals surface area contributed by atoms with Crippen LogP contribution < -0.4 is 9.62 Å². The molecular formula is C9H14N4O4S2. The Morgan fingerprint density at radius 3 is 3.00 bits per heavy atom. The Kier molecular flexibility index (Phi) is 4.02. The van der Waals surface area contributed by atoms with E-state index in [4.69, 9.17) is 0 Å². The summed E-state index contributed by atoms with van der Waals surface area (Å²) in [6.45, 7) is 0.675. The highest BCUT2D eigenvalue weighted by atomic mass is 32.2. The van der Waals surface area contributed by atoms with Gasteiger partial charge in [0.25, 0.3) is 0 Å². The molecule has 1 saturated heterocycles. The van der Waals surface area contributed by atoms with E-state index >= 15 is 0 Å². The second kappa shape index (κ2) is 5.39. The lowest BCUT2D eigenvalue weighted by molar-refractivity contribution is -0.380. The van der Waals surface area contributed by atoms with Crippen LogP contribution in [0.3, 0.4) is 0 Å². The van der Waals surface area contributed by atoms with E-state index in [1.54, 1.807) is 0 Å². The van der Waals surface area contributed by atoms with Crippen molar-refractivity contribution in [3.05, 3.63) is 16.3 Å². The lowest BCUT2D eigenvalue weighted by Gasteiger charge is -2.23. The molecule has 0 spiro atoms. The van der Waals surface area contributed by atoms with E-state index in [-0.39, 0.29) is 16.8 Å². The zero-order chi connectivity index (χ0) is 14.0. The van der Waals surface area contributed by atoms with E-state index in [9.17, 15) is 18.5 Å². The molecule has 1 atom stereocenters. The van der Waals surface area contributed by atoms with Gasteiger partial charge in [0.05, 0.1) is 10.7 Å². The summed E-state index contributed by atoms with van der Waals surface area (Å²) in [6.07, 6.45) is 2.81. The molecule has 0 amide bonds. The fourth-order valence-corrected chi connectivity index (χ4v) is 3.92. The van der Waals surface area contributed by atoms with E-state index in [0.29, 0.717) is 11.7 Å². The van der Waals surface area contributed by atoms with Gasteiger partial charge in [-0.3, -0.25) is 10.1 Å². The van der Waals surface area contributed by atoms with E-state index in [0.717, 1.165) is 24.2 Å². The van der Waals surface area contributed by atoms with Crippen LogP contribution in [-0.2, 0) is 10.0 Å². The van der Waals surface area contributed by atoms with E-state index in [1.807, 2.05) is 4.90 Å². The number of nitrogens with one attached hydrogen (secondary N) is 1. The first-order valence-electron chi connectivity index (χ1n) is 5.71. The van der Waals surface area contributed by atoms with Crippen molar-refractivity contribution in [2.45, 2.75) is 18.9 Å². The SMILES string of the molecule is CNS(=O)(=O)CC1CCCN1c1ncc([N+](=O)[O-])s1. The predicted molar refractivity (Wildman–Crippen MR) is 72.0 cm³/mol. The maximum absolute atomic E-state index is 11.6. The minimum Gasteiger partial charge on any atom is -0.344 e. The third kappa shape index (κ3) is 3.19. The number of hydrogen-bond acceptors (Lipinski definition) is 7. The molecule has 2 rings (SSSR count). The second-order valence-corrected chi connectivity index (χ2v) is 7.17. The maximum Gasteiger partial charge on any atom is 0.345 e. The molecule has 1 N–H and O–H groups in total. The third-order valence-corrected chi connectivity index (χ3v) is 5.44. The molecule has 106 valence electrons. The molecule has 0 aromatic carbocycles. The molecule has 1 aliphatic heterocycles. The van der Waals surface area contributed by atoms with Crippen LogP contribution in [0.1, 0.15) is 12.8 Å². The third-order valence-electron chi connectivity index (χ3n) is 3.01. The van der Waals surface area contributed by atoms with Gasteiger partial charge < -0.3 is 4.90 Å². The number of nitro groups is 1. The zero-order valence-corrected chi connectivity index (χ0v) is 11.9. The summed E-state index contributed by atoms with van der Waals surface area (Å²) in [7, 11) is -1.92. The lowest BCUT2D eigenvalue weighted by atomic mass is 10.2. The molecule has 0 aliphatic carbocycles. The molecule has 0 saturated carbocycles. The molecule has 8 nitrogen and oxygen atoms in total. The molecule has 1 unspecified atom stereocenters. The minimum atomic E-state index is -3.30. The number of rotatable bonds is 5. The fraction of sp³-hybridized carbons (Fsp3) is 0.667. The standard InChI is InChI=1S/C9H14N4O4S2/c1-10-19(16,17)6-7-3-2-4-12(7)9-11-5-8(18-9)13(14)15/h5,7,10H,2-4,6H2,1H3. The minimum absolute atomic E-state index is 0.0170. The van der Waals surface area contributed by atoms with Gasteiger partial charge in [0.15, 0.2) is 5.13 Å². The van der Waals surface area contributed by atoms with Gasteiger partial charge >= 0.3 is 5.00 Å². The number of aromatic nitrogens is 1. The van der Waals surface area contributed by atoms with E-state index in [2.05, 4.69) is 9.71 Å². The van der Waals surface area contributed by atoms with Crippen LogP contribution in [0, 0.1) is 10.1 Å². The average molecular weight is 306 g/mol. The highest BCUT2D eigenvalue weighted by Gasteiger charge is 2.31. The smallest absolute Gasteiger partial charge is 0.344 e. The van der Waals surface area contributed by atoms with Crippen LogP contribution in [-0.4, -0.2) is 43.7 Å². The molecular weight excluding hydrogens is 292 g/mol. The summed E-state index contributed by atoms with van der Waals surface area (Å²) in [5, 5.41) is 11.1. The van der Waals surface area contributed by atoms with Gasteiger partial charge in [-0.05, 0) is 31.2 Å². The van der Waals surface area contributed by atoms with Crippen molar-refractivity contribution in [1.82, 2.24) is 9.71 Å². The van der Waals surface area contributed by atoms with Gasteiger partial charge in [-0.15, -0.1) is 0 Å². The molecule has 0 bridgehead atoms. The summed E-state index contributed by atoms with van der Waals surface area (Å²) in [6, 6.07) is -0.178. The quantitative estimate of drug-likeness (QED) is 0.630. The highest BCUT2D eigenvalue weighted by Crippen LogP contribution is 2.33. The van der Waals surface area contributed by atoms with Crippen LogP contribution in [0.2, 0.25) is 0 Å². The molecule has 10 heteroatoms. The Labute approximate surface area is 114 Å². The normalized spacial score (nSPS) is 19.8. The van der Waals surface area contributed by atoms with Gasteiger partial charge in [0, 0.05) is 12.6 Å². The van der Waals surface area contributed by atoms with Crippen LogP contribution in [0.5, 0.6) is 0 Å². The largest absolute Gasteiger partial charge is 0.345 e. The topological polar surface area (TPSA) is 105 Å². The van der Waals surface area contributed by atoms with Crippen molar-refractivity contribution in [3.63, 3.8) is 0 Å². The van der Waals surface area contributed by atoms with Crippen LogP contribution in [0.25, 0.3) is 0 Å². The van der Waals surface area contributed by atoms with Crippen LogP contribution >= 0.6 is 11.3 Å². The average Bonchev–Trinajstić information content (AvgIpc) is 2.96. The number of nitrogens with zero attached hydrogens (tertiary/aromatic N) is 3. The van der Waals surface area contributed by atoms with E-state index < -0.39 is 14.9 Å². The number of sulfonamides is 1. The molecule has 1 aromatic rings. The summed E-state index contributed by atoms with van der Waals surface area (Å²) < 4.78 is 25.4. The van der Waals surface area contributed by atoms with Crippen molar-refractivity contribution in [2.24, 2.45) is 0 Å². The zero-order valence-electron chi connectivity index (χ0n) is 10.3. The highest BCUT2D eigenvalue weighted by molar-refractivity contribution is 7.89. The lowest BCUT2D eigenvalue weighted by Crippen LogP contribution is -2.38. The summed E-state index contributed by atoms with van der Waals surface area (Å²) in [5.41, 5.74) is 0. The first-order chi connectivity index (χ1) is 8.93. The number of hydrogen-bond donors (Lipinski definition) is 1. The van der Waals surface area contributed by atoms with Gasteiger partial charge in [0.2, 0.25) is 10.0 Å². The molecule has 19 heavy (non-hydrogen) atoms. The van der Waals surface area contributed by atoms with Crippen molar-refractivity contribution in [2.75, 3.05) is 24.2 Å². The maximum atomic E-state index is 11.6. The molecule has 1 aliphatic rings. The Morgan fingerprint density at radius 1 is 1.68 bits per heavy atom. The Hall–Kier alpha value is -1.26. The molecule has 2 heterocycles. The number of thiazole rings is 1. The summed E-state index contributed by atoms with van der Waals surface area (Å²) >= 11 is 0.976. The van der Waals surface area contributed by atoms with Gasteiger partial charge in [0.1, 0.15) is 6.20 Å². The van der Waals surface area contributed by atoms with Crippen molar-refractivity contribution < 1.29 is 13.3 Å². The monoisotopic (exact) mass is 306 g/mol. The van der Waals surface area contributed by atoms with E-state index in [1.165, 1.54) is 13.2 Å². The van der Waals surface area contributed by atoms with Crippen molar-refractivity contribution in [1.29, 1.82) is 0 Å². The first kappa shape index (κ1) is 14.2. The molecule has 0 radical (unpaired) electrons. The second-order valence-electron chi connectivity index (χ2n) is 4.21. The van der Waals surface area contributed by atoms with Gasteiger partial charge in [-0.25, -0.2) is 18.1 Å². The van der Waals surface area contributed by atoms with Crippen LogP contribution in [0.4, 0.5) is 10.1 Å². The fourth-order valence-electron chi connectivity index (χ4n) is 2.07. The Bertz CT molecular complexity index is 571. The van der Waals surface area contributed by atoms with Gasteiger partial charge in [-0.1, -0.05) is 0 Å².